The number of urea groups is 1. The Morgan fingerprint density at radius 1 is 1.38 bits per heavy atom. The zero-order valence-corrected chi connectivity index (χ0v) is 13.0. The fraction of sp³-hybridized carbons (Fsp3) is 0.467. The number of nitrogens with zero attached hydrogens (tertiary/aromatic N) is 5. The highest BCUT2D eigenvalue weighted by Crippen LogP contribution is 2.32. The van der Waals surface area contributed by atoms with Crippen LogP contribution in [0.1, 0.15) is 24.7 Å². The number of carbonyl (C=O) groups excluding carboxylic acids is 1. The summed E-state index contributed by atoms with van der Waals surface area (Å²) in [5, 5.41) is 11.6. The smallest absolute Gasteiger partial charge is 0.318 e. The minimum absolute atomic E-state index is 0.0538. The van der Waals surface area contributed by atoms with Crippen LogP contribution >= 0.6 is 0 Å². The van der Waals surface area contributed by atoms with E-state index in [0.717, 1.165) is 36.4 Å². The summed E-state index contributed by atoms with van der Waals surface area (Å²) in [5.41, 5.74) is 2.40. The normalized spacial score (nSPS) is 21.5. The summed E-state index contributed by atoms with van der Waals surface area (Å²) in [7, 11) is 0. The average Bonchev–Trinajstić information content (AvgIpc) is 3.25. The molecule has 5 heterocycles. The van der Waals surface area contributed by atoms with Gasteiger partial charge in [-0.05, 0) is 18.9 Å². The Morgan fingerprint density at radius 3 is 3.12 bits per heavy atom. The zero-order valence-electron chi connectivity index (χ0n) is 13.0. The third-order valence-corrected chi connectivity index (χ3v) is 4.74. The second kappa shape index (κ2) is 5.17. The minimum Gasteiger partial charge on any atom is -0.377 e. The summed E-state index contributed by atoms with van der Waals surface area (Å²) in [5.74, 6) is 0.787. The van der Waals surface area contributed by atoms with E-state index in [1.165, 1.54) is 0 Å². The molecule has 124 valence electrons. The molecule has 2 aliphatic rings. The molecule has 0 spiro atoms. The maximum Gasteiger partial charge on any atom is 0.318 e. The first-order chi connectivity index (χ1) is 11.8. The Kier molecular flexibility index (Phi) is 2.96. The number of carbonyl (C=O) groups is 1. The van der Waals surface area contributed by atoms with Crippen molar-refractivity contribution in [3.63, 3.8) is 0 Å². The molecular weight excluding hydrogens is 310 g/mol. The van der Waals surface area contributed by atoms with Crippen molar-refractivity contribution in [1.29, 1.82) is 0 Å². The highest BCUT2D eigenvalue weighted by atomic mass is 16.5. The molecular formula is C15H17N7O2. The van der Waals surface area contributed by atoms with Crippen molar-refractivity contribution in [3.05, 3.63) is 24.3 Å². The van der Waals surface area contributed by atoms with Gasteiger partial charge < -0.3 is 19.9 Å². The lowest BCUT2D eigenvalue weighted by Gasteiger charge is -2.31. The molecule has 24 heavy (non-hydrogen) atoms. The summed E-state index contributed by atoms with van der Waals surface area (Å²) in [6, 6.07) is 1.94. The number of amides is 2. The van der Waals surface area contributed by atoms with E-state index in [1.54, 1.807) is 6.20 Å². The molecule has 2 fully saturated rings. The maximum atomic E-state index is 12.6. The predicted molar refractivity (Wildman–Crippen MR) is 84.5 cm³/mol. The van der Waals surface area contributed by atoms with E-state index in [2.05, 4.69) is 25.5 Å². The summed E-state index contributed by atoms with van der Waals surface area (Å²) >= 11 is 0. The molecule has 3 aromatic heterocycles. The zero-order chi connectivity index (χ0) is 16.1. The van der Waals surface area contributed by atoms with Crippen LogP contribution in [0.25, 0.3) is 16.8 Å². The highest BCUT2D eigenvalue weighted by Gasteiger charge is 2.35. The van der Waals surface area contributed by atoms with E-state index in [0.29, 0.717) is 18.9 Å². The number of H-pyrrole nitrogens is 1. The van der Waals surface area contributed by atoms with E-state index >= 15 is 0 Å². The van der Waals surface area contributed by atoms with Crippen molar-refractivity contribution in [2.45, 2.75) is 24.9 Å². The van der Waals surface area contributed by atoms with Crippen LogP contribution in [0.5, 0.6) is 0 Å². The van der Waals surface area contributed by atoms with Crippen LogP contribution < -0.4 is 5.32 Å². The number of hydrogen-bond donors (Lipinski definition) is 2. The largest absolute Gasteiger partial charge is 0.377 e. The van der Waals surface area contributed by atoms with Crippen LogP contribution in [0.3, 0.4) is 0 Å². The Bertz CT molecular complexity index is 913. The van der Waals surface area contributed by atoms with Crippen LogP contribution in [0, 0.1) is 0 Å². The maximum absolute atomic E-state index is 12.6. The number of aromatic amines is 1. The lowest BCUT2D eigenvalue weighted by molar-refractivity contribution is -0.00230. The van der Waals surface area contributed by atoms with Gasteiger partial charge in [-0.1, -0.05) is 0 Å². The Balaban J connectivity index is 1.53. The van der Waals surface area contributed by atoms with Gasteiger partial charge in [0.2, 0.25) is 0 Å². The number of rotatable bonds is 2. The molecule has 0 bridgehead atoms. The van der Waals surface area contributed by atoms with Gasteiger partial charge in [-0.3, -0.25) is 4.40 Å². The fourth-order valence-electron chi connectivity index (χ4n) is 3.47. The van der Waals surface area contributed by atoms with Crippen LogP contribution in [-0.2, 0) is 4.74 Å². The molecule has 5 rings (SSSR count). The molecule has 9 nitrogen and oxygen atoms in total. The van der Waals surface area contributed by atoms with Crippen LogP contribution in [0.4, 0.5) is 4.79 Å². The van der Waals surface area contributed by atoms with Gasteiger partial charge in [0.25, 0.3) is 0 Å². The monoisotopic (exact) mass is 327 g/mol. The third kappa shape index (κ3) is 1.97. The Hall–Kier alpha value is -2.68. The first-order valence-corrected chi connectivity index (χ1v) is 8.13. The Morgan fingerprint density at radius 2 is 2.29 bits per heavy atom. The second-order valence-corrected chi connectivity index (χ2v) is 6.26. The summed E-state index contributed by atoms with van der Waals surface area (Å²) < 4.78 is 7.11. The average molecular weight is 327 g/mol. The summed E-state index contributed by atoms with van der Waals surface area (Å²) in [4.78, 5) is 21.9. The van der Waals surface area contributed by atoms with Crippen molar-refractivity contribution in [2.24, 2.45) is 0 Å². The van der Waals surface area contributed by atoms with Gasteiger partial charge in [0.05, 0.1) is 37.0 Å². The topological polar surface area (TPSA) is 100 Å². The van der Waals surface area contributed by atoms with Crippen molar-refractivity contribution in [2.75, 3.05) is 19.8 Å². The van der Waals surface area contributed by atoms with Gasteiger partial charge in [0, 0.05) is 12.7 Å². The molecule has 0 saturated carbocycles. The SMILES string of the molecule is O=C(NC1COC1)N1CCCC1c1nnc2cnc3[nH]ccc3n12. The molecule has 3 aromatic rings. The van der Waals surface area contributed by atoms with Gasteiger partial charge in [-0.25, -0.2) is 9.78 Å². The number of nitrogens with one attached hydrogen (secondary N) is 2. The summed E-state index contributed by atoms with van der Waals surface area (Å²) in [6.45, 7) is 1.90. The first-order valence-electron chi connectivity index (χ1n) is 8.13. The first kappa shape index (κ1) is 13.7. The molecule has 0 aliphatic carbocycles. The van der Waals surface area contributed by atoms with Gasteiger partial charge in [0.1, 0.15) is 0 Å². The number of ether oxygens (including phenoxy) is 1. The third-order valence-electron chi connectivity index (χ3n) is 4.74. The molecule has 2 saturated heterocycles. The number of fused-ring (bicyclic) bond motifs is 3. The van der Waals surface area contributed by atoms with Gasteiger partial charge >= 0.3 is 6.03 Å². The number of aromatic nitrogens is 5. The van der Waals surface area contributed by atoms with Gasteiger partial charge in [-0.15, -0.1) is 10.2 Å². The molecule has 9 heteroatoms. The molecule has 1 atom stereocenters. The molecule has 1 unspecified atom stereocenters. The molecule has 2 N–H and O–H groups in total. The molecule has 2 amide bonds. The van der Waals surface area contributed by atoms with Gasteiger partial charge in [-0.2, -0.15) is 0 Å². The molecule has 2 aliphatic heterocycles. The number of likely N-dealkylation sites (tertiary alicyclic amines) is 1. The highest BCUT2D eigenvalue weighted by molar-refractivity contribution is 5.76. The molecule has 0 aromatic carbocycles. The lowest BCUT2D eigenvalue weighted by atomic mass is 10.2. The van der Waals surface area contributed by atoms with Crippen molar-refractivity contribution in [1.82, 2.24) is 34.8 Å². The minimum atomic E-state index is -0.0819. The summed E-state index contributed by atoms with van der Waals surface area (Å²) in [6.07, 6.45) is 5.37. The van der Waals surface area contributed by atoms with Crippen LogP contribution in [-0.4, -0.2) is 61.3 Å². The van der Waals surface area contributed by atoms with Crippen molar-refractivity contribution < 1.29 is 9.53 Å². The lowest BCUT2D eigenvalue weighted by Crippen LogP contribution is -2.52. The van der Waals surface area contributed by atoms with Crippen molar-refractivity contribution >= 4 is 22.8 Å². The Labute approximate surface area is 137 Å². The van der Waals surface area contributed by atoms with E-state index in [1.807, 2.05) is 21.6 Å². The number of hydrogen-bond acceptors (Lipinski definition) is 5. The quantitative estimate of drug-likeness (QED) is 0.727. The van der Waals surface area contributed by atoms with E-state index in [9.17, 15) is 4.79 Å². The fourth-order valence-corrected chi connectivity index (χ4v) is 3.47. The molecule has 0 radical (unpaired) electrons. The van der Waals surface area contributed by atoms with Crippen LogP contribution in [0.2, 0.25) is 0 Å². The van der Waals surface area contributed by atoms with Gasteiger partial charge in [0.15, 0.2) is 17.1 Å². The van der Waals surface area contributed by atoms with Crippen molar-refractivity contribution in [3.8, 4) is 0 Å². The van der Waals surface area contributed by atoms with E-state index in [-0.39, 0.29) is 18.1 Å². The second-order valence-electron chi connectivity index (χ2n) is 6.26. The van der Waals surface area contributed by atoms with E-state index < -0.39 is 0 Å². The van der Waals surface area contributed by atoms with E-state index in [4.69, 9.17) is 4.74 Å². The standard InChI is InChI=1S/C15H17N7O2/c23-15(18-9-7-24-8-9)21-5-1-2-11(21)14-20-19-12-6-17-13-10(22(12)14)3-4-16-13/h3-4,6,9,11,16H,1-2,5,7-8H2,(H,18,23). The van der Waals surface area contributed by atoms with Crippen LogP contribution in [0.15, 0.2) is 18.5 Å². The predicted octanol–water partition coefficient (Wildman–Crippen LogP) is 0.851.